The van der Waals surface area contributed by atoms with E-state index in [9.17, 15) is 9.59 Å². The molecule has 1 saturated heterocycles. The standard InChI is InChI=1S/C26H33N3O3/c1-26(2,3)32-25(31)29(20-13-7-8-14-20)23-21(15-9-17-27-23)22-16-10-18-28(22)24(30)19-11-5-4-6-12-19/h4-6,9,11-12,15,17,20,22H,7-8,10,13-14,16,18H2,1-3H3/t22-/m0/s1. The maximum absolute atomic E-state index is 13.3. The van der Waals surface area contributed by atoms with Crippen molar-refractivity contribution in [1.82, 2.24) is 9.88 Å². The first-order valence-electron chi connectivity index (χ1n) is 11.7. The van der Waals surface area contributed by atoms with Crippen molar-refractivity contribution in [3.05, 3.63) is 59.8 Å². The van der Waals surface area contributed by atoms with Crippen molar-refractivity contribution in [2.24, 2.45) is 0 Å². The monoisotopic (exact) mass is 435 g/mol. The Bertz CT molecular complexity index is 948. The van der Waals surface area contributed by atoms with Crippen molar-refractivity contribution in [2.75, 3.05) is 11.4 Å². The number of amides is 2. The summed E-state index contributed by atoms with van der Waals surface area (Å²) < 4.78 is 5.79. The molecular formula is C26H33N3O3. The van der Waals surface area contributed by atoms with E-state index < -0.39 is 5.60 Å². The van der Waals surface area contributed by atoms with Crippen LogP contribution in [0.4, 0.5) is 10.6 Å². The Kier molecular flexibility index (Phi) is 6.49. The van der Waals surface area contributed by atoms with Crippen molar-refractivity contribution in [2.45, 2.75) is 77.0 Å². The number of ether oxygens (including phenoxy) is 1. The van der Waals surface area contributed by atoms with Crippen LogP contribution in [0.25, 0.3) is 0 Å². The van der Waals surface area contributed by atoms with Crippen LogP contribution in [-0.4, -0.2) is 40.1 Å². The van der Waals surface area contributed by atoms with Crippen molar-refractivity contribution < 1.29 is 14.3 Å². The second-order valence-corrected chi connectivity index (χ2v) is 9.73. The molecule has 6 nitrogen and oxygen atoms in total. The van der Waals surface area contributed by atoms with E-state index in [-0.39, 0.29) is 24.1 Å². The third-order valence-electron chi connectivity index (χ3n) is 6.22. The lowest BCUT2D eigenvalue weighted by atomic mass is 10.0. The molecule has 1 aromatic heterocycles. The van der Waals surface area contributed by atoms with Crippen LogP contribution in [-0.2, 0) is 4.74 Å². The molecule has 1 saturated carbocycles. The van der Waals surface area contributed by atoms with Gasteiger partial charge in [-0.2, -0.15) is 0 Å². The topological polar surface area (TPSA) is 62.7 Å². The summed E-state index contributed by atoms with van der Waals surface area (Å²) in [5.41, 5.74) is 1.02. The molecule has 6 heteroatoms. The predicted molar refractivity (Wildman–Crippen MR) is 125 cm³/mol. The van der Waals surface area contributed by atoms with E-state index in [0.29, 0.717) is 17.9 Å². The zero-order chi connectivity index (χ0) is 22.7. The Hall–Kier alpha value is -2.89. The summed E-state index contributed by atoms with van der Waals surface area (Å²) in [7, 11) is 0. The molecule has 0 unspecified atom stereocenters. The van der Waals surface area contributed by atoms with Gasteiger partial charge < -0.3 is 9.64 Å². The normalized spacial score (nSPS) is 19.2. The van der Waals surface area contributed by atoms with Crippen LogP contribution in [0.1, 0.15) is 81.3 Å². The highest BCUT2D eigenvalue weighted by Crippen LogP contribution is 2.39. The Morgan fingerprint density at radius 3 is 2.41 bits per heavy atom. The summed E-state index contributed by atoms with van der Waals surface area (Å²) in [6.07, 6.45) is 7.20. The van der Waals surface area contributed by atoms with E-state index in [1.165, 1.54) is 0 Å². The second kappa shape index (κ2) is 9.31. The van der Waals surface area contributed by atoms with E-state index in [1.807, 2.05) is 68.1 Å². The minimum Gasteiger partial charge on any atom is -0.443 e. The number of pyridine rings is 1. The van der Waals surface area contributed by atoms with E-state index in [4.69, 9.17) is 4.74 Å². The lowest BCUT2D eigenvalue weighted by molar-refractivity contribution is 0.0564. The van der Waals surface area contributed by atoms with Gasteiger partial charge in [-0.05, 0) is 64.7 Å². The van der Waals surface area contributed by atoms with Gasteiger partial charge in [0.2, 0.25) is 0 Å². The number of benzene rings is 1. The number of nitrogens with zero attached hydrogens (tertiary/aromatic N) is 3. The molecule has 1 aliphatic heterocycles. The van der Waals surface area contributed by atoms with Gasteiger partial charge in [-0.3, -0.25) is 9.69 Å². The van der Waals surface area contributed by atoms with Gasteiger partial charge in [-0.25, -0.2) is 9.78 Å². The van der Waals surface area contributed by atoms with Crippen LogP contribution < -0.4 is 4.90 Å². The number of hydrogen-bond acceptors (Lipinski definition) is 4. The fourth-order valence-electron chi connectivity index (χ4n) is 4.83. The maximum atomic E-state index is 13.3. The molecule has 2 aliphatic rings. The van der Waals surface area contributed by atoms with Gasteiger partial charge in [0.25, 0.3) is 5.91 Å². The molecule has 0 spiro atoms. The van der Waals surface area contributed by atoms with Gasteiger partial charge in [0, 0.05) is 29.9 Å². The molecule has 0 bridgehead atoms. The minimum absolute atomic E-state index is 0.0209. The Morgan fingerprint density at radius 1 is 1.00 bits per heavy atom. The highest BCUT2D eigenvalue weighted by Gasteiger charge is 2.38. The van der Waals surface area contributed by atoms with Crippen molar-refractivity contribution in [1.29, 1.82) is 0 Å². The molecule has 2 fully saturated rings. The number of aromatic nitrogens is 1. The fraction of sp³-hybridized carbons (Fsp3) is 0.500. The first-order valence-corrected chi connectivity index (χ1v) is 11.7. The Labute approximate surface area is 190 Å². The smallest absolute Gasteiger partial charge is 0.416 e. The summed E-state index contributed by atoms with van der Waals surface area (Å²) in [5, 5.41) is 0. The van der Waals surface area contributed by atoms with Crippen molar-refractivity contribution >= 4 is 17.8 Å². The Balaban J connectivity index is 1.70. The lowest BCUT2D eigenvalue weighted by Crippen LogP contribution is -2.44. The molecule has 4 rings (SSSR count). The Morgan fingerprint density at radius 2 is 1.72 bits per heavy atom. The number of rotatable bonds is 4. The van der Waals surface area contributed by atoms with Crippen LogP contribution in [0.2, 0.25) is 0 Å². The zero-order valence-electron chi connectivity index (χ0n) is 19.3. The second-order valence-electron chi connectivity index (χ2n) is 9.73. The van der Waals surface area contributed by atoms with Gasteiger partial charge in [0.1, 0.15) is 11.4 Å². The van der Waals surface area contributed by atoms with E-state index in [0.717, 1.165) is 44.1 Å². The van der Waals surface area contributed by atoms with Gasteiger partial charge >= 0.3 is 6.09 Å². The number of likely N-dealkylation sites (tertiary alicyclic amines) is 1. The first-order chi connectivity index (χ1) is 15.3. The lowest BCUT2D eigenvalue weighted by Gasteiger charge is -2.34. The van der Waals surface area contributed by atoms with Gasteiger partial charge in [0.15, 0.2) is 0 Å². The number of hydrogen-bond donors (Lipinski definition) is 0. The van der Waals surface area contributed by atoms with Crippen molar-refractivity contribution in [3.8, 4) is 0 Å². The molecule has 1 aromatic carbocycles. The molecule has 2 heterocycles. The SMILES string of the molecule is CC(C)(C)OC(=O)N(c1ncccc1[C@@H]1CCCN1C(=O)c1ccccc1)C1CCCC1. The highest BCUT2D eigenvalue weighted by molar-refractivity contribution is 5.95. The molecule has 2 amide bonds. The summed E-state index contributed by atoms with van der Waals surface area (Å²) in [6.45, 7) is 6.35. The van der Waals surface area contributed by atoms with Crippen LogP contribution in [0, 0.1) is 0 Å². The third-order valence-corrected chi connectivity index (χ3v) is 6.22. The predicted octanol–water partition coefficient (Wildman–Crippen LogP) is 5.74. The van der Waals surface area contributed by atoms with Gasteiger partial charge in [0.05, 0.1) is 6.04 Å². The number of anilines is 1. The summed E-state index contributed by atoms with van der Waals surface area (Å²) in [4.78, 5) is 35.0. The van der Waals surface area contributed by atoms with E-state index in [1.54, 1.807) is 11.1 Å². The molecule has 0 radical (unpaired) electrons. The van der Waals surface area contributed by atoms with E-state index >= 15 is 0 Å². The molecule has 2 aromatic rings. The third kappa shape index (κ3) is 4.79. The molecule has 1 aliphatic carbocycles. The van der Waals surface area contributed by atoms with Crippen LogP contribution >= 0.6 is 0 Å². The van der Waals surface area contributed by atoms with Gasteiger partial charge in [-0.15, -0.1) is 0 Å². The minimum atomic E-state index is -0.592. The molecule has 32 heavy (non-hydrogen) atoms. The quantitative estimate of drug-likeness (QED) is 0.614. The maximum Gasteiger partial charge on any atom is 0.416 e. The summed E-state index contributed by atoms with van der Waals surface area (Å²) >= 11 is 0. The van der Waals surface area contributed by atoms with Crippen LogP contribution in [0.5, 0.6) is 0 Å². The van der Waals surface area contributed by atoms with Crippen LogP contribution in [0.15, 0.2) is 48.7 Å². The molecule has 170 valence electrons. The molecular weight excluding hydrogens is 402 g/mol. The number of carbonyl (C=O) groups excluding carboxylic acids is 2. The zero-order valence-corrected chi connectivity index (χ0v) is 19.3. The van der Waals surface area contributed by atoms with Gasteiger partial charge in [-0.1, -0.05) is 37.1 Å². The average Bonchev–Trinajstić information content (AvgIpc) is 3.46. The fourth-order valence-corrected chi connectivity index (χ4v) is 4.83. The molecule has 1 atom stereocenters. The van der Waals surface area contributed by atoms with Crippen molar-refractivity contribution in [3.63, 3.8) is 0 Å². The number of carbonyl (C=O) groups is 2. The summed E-state index contributed by atoms with van der Waals surface area (Å²) in [5.74, 6) is 0.652. The molecule has 0 N–H and O–H groups in total. The highest BCUT2D eigenvalue weighted by atomic mass is 16.6. The summed E-state index contributed by atoms with van der Waals surface area (Å²) in [6, 6.07) is 13.3. The largest absolute Gasteiger partial charge is 0.443 e. The van der Waals surface area contributed by atoms with E-state index in [2.05, 4.69) is 4.98 Å². The van der Waals surface area contributed by atoms with Crippen LogP contribution in [0.3, 0.4) is 0 Å². The average molecular weight is 436 g/mol. The first kappa shape index (κ1) is 22.3.